The second-order valence-corrected chi connectivity index (χ2v) is 4.90. The molecule has 0 fully saturated rings. The van der Waals surface area contributed by atoms with Gasteiger partial charge >= 0.3 is 0 Å². The van der Waals surface area contributed by atoms with Crippen molar-refractivity contribution in [3.8, 4) is 0 Å². The molecule has 1 atom stereocenters. The Labute approximate surface area is 123 Å². The topological polar surface area (TPSA) is 97.3 Å². The largest absolute Gasteiger partial charge is 0.383 e. The van der Waals surface area contributed by atoms with E-state index in [-0.39, 0.29) is 11.8 Å². The number of nitrogens with zero attached hydrogens (tertiary/aromatic N) is 2. The summed E-state index contributed by atoms with van der Waals surface area (Å²) in [4.78, 5) is 28.1. The first kappa shape index (κ1) is 15.3. The van der Waals surface area contributed by atoms with Crippen molar-refractivity contribution in [3.63, 3.8) is 0 Å². The Bertz CT molecular complexity index is 490. The maximum absolute atomic E-state index is 12.1. The molecule has 0 bridgehead atoms. The molecule has 1 aromatic heterocycles. The molecule has 0 saturated heterocycles. The number of carbonyl (C=O) groups is 2. The molecule has 1 aliphatic heterocycles. The Morgan fingerprint density at radius 3 is 3.10 bits per heavy atom. The smallest absolute Gasteiger partial charge is 0.272 e. The molecule has 116 valence electrons. The van der Waals surface area contributed by atoms with Crippen molar-refractivity contribution in [3.05, 3.63) is 11.9 Å². The van der Waals surface area contributed by atoms with E-state index in [1.165, 1.54) is 0 Å². The van der Waals surface area contributed by atoms with Crippen LogP contribution in [0.2, 0.25) is 0 Å². The first-order valence-electron chi connectivity index (χ1n) is 7.00. The van der Waals surface area contributed by atoms with Gasteiger partial charge in [0, 0.05) is 32.9 Å². The molecule has 1 aliphatic rings. The lowest BCUT2D eigenvalue weighted by molar-refractivity contribution is -0.122. The van der Waals surface area contributed by atoms with Gasteiger partial charge in [-0.25, -0.2) is 4.98 Å². The summed E-state index contributed by atoms with van der Waals surface area (Å²) in [5.41, 5.74) is 0.316. The molecule has 0 saturated carbocycles. The number of aromatic nitrogens is 2. The third kappa shape index (κ3) is 3.94. The van der Waals surface area contributed by atoms with Crippen molar-refractivity contribution in [2.75, 3.05) is 32.1 Å². The number of amides is 2. The summed E-state index contributed by atoms with van der Waals surface area (Å²) in [5.74, 6) is 0.0965. The van der Waals surface area contributed by atoms with E-state index in [1.54, 1.807) is 20.2 Å². The number of carbonyl (C=O) groups excluding carboxylic acids is 2. The van der Waals surface area contributed by atoms with Crippen LogP contribution in [0.15, 0.2) is 6.20 Å². The number of hydrogen-bond acceptors (Lipinski definition) is 5. The van der Waals surface area contributed by atoms with E-state index in [9.17, 15) is 9.59 Å². The lowest BCUT2D eigenvalue weighted by Gasteiger charge is -2.14. The zero-order valence-electron chi connectivity index (χ0n) is 12.3. The van der Waals surface area contributed by atoms with Gasteiger partial charge in [-0.3, -0.25) is 9.59 Å². The number of aryl methyl sites for hydroxylation is 1. The first-order valence-corrected chi connectivity index (χ1v) is 7.00. The van der Waals surface area contributed by atoms with Crippen LogP contribution in [0, 0.1) is 0 Å². The zero-order chi connectivity index (χ0) is 15.2. The summed E-state index contributed by atoms with van der Waals surface area (Å²) >= 11 is 0. The van der Waals surface area contributed by atoms with Gasteiger partial charge in [-0.2, -0.15) is 0 Å². The highest BCUT2D eigenvalue weighted by Gasteiger charge is 2.20. The van der Waals surface area contributed by atoms with Crippen LogP contribution in [0.3, 0.4) is 0 Å². The summed E-state index contributed by atoms with van der Waals surface area (Å²) in [7, 11) is 1.56. The molecule has 0 aliphatic carbocycles. The fourth-order valence-electron chi connectivity index (χ4n) is 2.05. The van der Waals surface area contributed by atoms with Crippen molar-refractivity contribution in [2.45, 2.75) is 25.9 Å². The lowest BCUT2D eigenvalue weighted by atomic mass is 10.3. The molecule has 8 nitrogen and oxygen atoms in total. The second-order valence-electron chi connectivity index (χ2n) is 4.90. The third-order valence-electron chi connectivity index (χ3n) is 3.21. The van der Waals surface area contributed by atoms with Gasteiger partial charge in [0.05, 0.1) is 6.61 Å². The van der Waals surface area contributed by atoms with E-state index in [1.807, 2.05) is 4.57 Å². The normalized spacial score (nSPS) is 14.8. The van der Waals surface area contributed by atoms with E-state index in [4.69, 9.17) is 4.74 Å². The van der Waals surface area contributed by atoms with E-state index < -0.39 is 6.04 Å². The fraction of sp³-hybridized carbons (Fsp3) is 0.615. The highest BCUT2D eigenvalue weighted by atomic mass is 16.5. The molecular formula is C13H21N5O3. The monoisotopic (exact) mass is 295 g/mol. The standard InChI is InChI=1S/C13H21N5O3/c1-9(11(19)14-5-7-21-2)16-12(20)10-8-18-6-3-4-15-13(18)17-10/h8-9H,3-7H2,1-2H3,(H,14,19)(H,15,17)(H,16,20). The van der Waals surface area contributed by atoms with E-state index in [0.29, 0.717) is 24.8 Å². The van der Waals surface area contributed by atoms with Gasteiger partial charge in [-0.15, -0.1) is 0 Å². The fourth-order valence-corrected chi connectivity index (χ4v) is 2.05. The number of rotatable bonds is 6. The van der Waals surface area contributed by atoms with E-state index >= 15 is 0 Å². The van der Waals surface area contributed by atoms with Crippen molar-refractivity contribution in [1.82, 2.24) is 20.2 Å². The van der Waals surface area contributed by atoms with Gasteiger partial charge < -0.3 is 25.3 Å². The Morgan fingerprint density at radius 1 is 1.57 bits per heavy atom. The van der Waals surface area contributed by atoms with Crippen molar-refractivity contribution in [1.29, 1.82) is 0 Å². The summed E-state index contributed by atoms with van der Waals surface area (Å²) in [6, 6.07) is -0.624. The highest BCUT2D eigenvalue weighted by Crippen LogP contribution is 2.13. The minimum atomic E-state index is -0.624. The maximum atomic E-state index is 12.1. The maximum Gasteiger partial charge on any atom is 0.272 e. The van der Waals surface area contributed by atoms with Gasteiger partial charge in [0.1, 0.15) is 11.7 Å². The zero-order valence-corrected chi connectivity index (χ0v) is 12.3. The van der Waals surface area contributed by atoms with Crippen LogP contribution in [0.1, 0.15) is 23.8 Å². The molecule has 0 spiro atoms. The molecule has 1 unspecified atom stereocenters. The van der Waals surface area contributed by atoms with Gasteiger partial charge in [-0.05, 0) is 13.3 Å². The average Bonchev–Trinajstić information content (AvgIpc) is 2.91. The Balaban J connectivity index is 1.88. The molecule has 2 amide bonds. The summed E-state index contributed by atoms with van der Waals surface area (Å²) in [6.07, 6.45) is 2.70. The number of nitrogens with one attached hydrogen (secondary N) is 3. The molecule has 8 heteroatoms. The molecule has 0 radical (unpaired) electrons. The lowest BCUT2D eigenvalue weighted by Crippen LogP contribution is -2.45. The number of anilines is 1. The van der Waals surface area contributed by atoms with Crippen LogP contribution in [-0.2, 0) is 16.1 Å². The van der Waals surface area contributed by atoms with Gasteiger partial charge in [0.15, 0.2) is 0 Å². The summed E-state index contributed by atoms with van der Waals surface area (Å²) in [6.45, 7) is 4.18. The van der Waals surface area contributed by atoms with Crippen LogP contribution >= 0.6 is 0 Å². The molecule has 2 rings (SSSR count). The average molecular weight is 295 g/mol. The van der Waals surface area contributed by atoms with Gasteiger partial charge in [0.2, 0.25) is 11.9 Å². The Morgan fingerprint density at radius 2 is 2.38 bits per heavy atom. The predicted octanol–water partition coefficient (Wildman–Crippen LogP) is -0.420. The van der Waals surface area contributed by atoms with Crippen LogP contribution in [0.4, 0.5) is 5.95 Å². The summed E-state index contributed by atoms with van der Waals surface area (Å²) < 4.78 is 6.75. The van der Waals surface area contributed by atoms with Crippen molar-refractivity contribution >= 4 is 17.8 Å². The first-order chi connectivity index (χ1) is 10.1. The van der Waals surface area contributed by atoms with E-state index in [2.05, 4.69) is 20.9 Å². The van der Waals surface area contributed by atoms with E-state index in [0.717, 1.165) is 19.5 Å². The summed E-state index contributed by atoms with van der Waals surface area (Å²) in [5, 5.41) is 8.44. The minimum Gasteiger partial charge on any atom is -0.383 e. The van der Waals surface area contributed by atoms with Crippen LogP contribution < -0.4 is 16.0 Å². The number of methoxy groups -OCH3 is 1. The Hall–Kier alpha value is -2.09. The minimum absolute atomic E-state index is 0.248. The SMILES string of the molecule is COCCNC(=O)C(C)NC(=O)c1cn2c(n1)NCCC2. The third-order valence-corrected chi connectivity index (χ3v) is 3.21. The molecule has 2 heterocycles. The second kappa shape index (κ2) is 7.07. The van der Waals surface area contributed by atoms with Gasteiger partial charge in [-0.1, -0.05) is 0 Å². The van der Waals surface area contributed by atoms with Crippen LogP contribution in [-0.4, -0.2) is 54.2 Å². The number of imidazole rings is 1. The molecular weight excluding hydrogens is 274 g/mol. The Kier molecular flexibility index (Phi) is 5.15. The van der Waals surface area contributed by atoms with Crippen LogP contribution in [0.5, 0.6) is 0 Å². The molecule has 3 N–H and O–H groups in total. The molecule has 1 aromatic rings. The predicted molar refractivity (Wildman–Crippen MR) is 77.1 cm³/mol. The number of fused-ring (bicyclic) bond motifs is 1. The number of hydrogen-bond donors (Lipinski definition) is 3. The highest BCUT2D eigenvalue weighted by molar-refractivity contribution is 5.96. The molecule has 0 aromatic carbocycles. The van der Waals surface area contributed by atoms with Crippen LogP contribution in [0.25, 0.3) is 0 Å². The van der Waals surface area contributed by atoms with Crippen molar-refractivity contribution in [2.24, 2.45) is 0 Å². The molecule has 21 heavy (non-hydrogen) atoms. The quantitative estimate of drug-likeness (QED) is 0.619. The van der Waals surface area contributed by atoms with Gasteiger partial charge in [0.25, 0.3) is 5.91 Å². The number of ether oxygens (including phenoxy) is 1. The van der Waals surface area contributed by atoms with Crippen molar-refractivity contribution < 1.29 is 14.3 Å².